The van der Waals surface area contributed by atoms with Gasteiger partial charge in [-0.15, -0.1) is 0 Å². The quantitative estimate of drug-likeness (QED) is 0.158. The van der Waals surface area contributed by atoms with Gasteiger partial charge in [0.25, 0.3) is 0 Å². The molecule has 58 heavy (non-hydrogen) atoms. The first-order valence-corrected chi connectivity index (χ1v) is 20.2. The molecule has 0 saturated heterocycles. The second-order valence-corrected chi connectivity index (χ2v) is 15.6. The third-order valence-corrected chi connectivity index (χ3v) is 12.4. The summed E-state index contributed by atoms with van der Waals surface area (Å²) in [6, 6.07) is 81.0. The summed E-state index contributed by atoms with van der Waals surface area (Å²) < 4.78 is 0. The molecule has 0 aliphatic rings. The van der Waals surface area contributed by atoms with Crippen molar-refractivity contribution in [3.63, 3.8) is 0 Å². The van der Waals surface area contributed by atoms with Crippen LogP contribution in [0.1, 0.15) is 0 Å². The topological polar surface area (TPSA) is 0 Å². The van der Waals surface area contributed by atoms with Crippen LogP contribution in [0.4, 0.5) is 0 Å². The molecule has 0 aliphatic carbocycles. The fourth-order valence-electron chi connectivity index (χ4n) is 9.63. The predicted octanol–water partition coefficient (Wildman–Crippen LogP) is 16.4. The summed E-state index contributed by atoms with van der Waals surface area (Å²) in [6.07, 6.45) is 0. The Labute approximate surface area is 336 Å². The van der Waals surface area contributed by atoms with Crippen LogP contribution in [0.15, 0.2) is 218 Å². The van der Waals surface area contributed by atoms with Gasteiger partial charge in [-0.3, -0.25) is 0 Å². The van der Waals surface area contributed by atoms with Gasteiger partial charge in [0.2, 0.25) is 0 Å². The standard InChI is InChI=1S/C58H36/c1-3-15-45-40(13-1)35-56(52-22-10-5-17-47(45)52)43-31-42(32-44(33-43)57-36-41-14-2-4-16-46(41)48-18-6-11-23-53(48)57)38-27-25-37(26-28-38)39-29-30-55-51-21-8-7-19-49(51)50-20-9-12-24-54(50)58(55)34-39/h1-36H. The summed E-state index contributed by atoms with van der Waals surface area (Å²) in [4.78, 5) is 0. The molecule has 0 unspecified atom stereocenters. The van der Waals surface area contributed by atoms with Gasteiger partial charge in [-0.1, -0.05) is 182 Å². The van der Waals surface area contributed by atoms with Crippen molar-refractivity contribution in [3.05, 3.63) is 218 Å². The highest BCUT2D eigenvalue weighted by Gasteiger charge is 2.16. The summed E-state index contributed by atoms with van der Waals surface area (Å²) in [5.41, 5.74) is 9.74. The van der Waals surface area contributed by atoms with Crippen LogP contribution in [0.25, 0.3) is 120 Å². The first kappa shape index (κ1) is 32.7. The molecule has 0 aromatic heterocycles. The Morgan fingerprint density at radius 2 is 0.466 bits per heavy atom. The summed E-state index contributed by atoms with van der Waals surface area (Å²) in [5.74, 6) is 0. The van der Waals surface area contributed by atoms with Crippen molar-refractivity contribution >= 4 is 75.4 Å². The Hall–Kier alpha value is -7.54. The fraction of sp³-hybridized carbons (Fsp3) is 0. The molecule has 0 spiro atoms. The molecule has 12 aromatic rings. The van der Waals surface area contributed by atoms with Crippen LogP contribution < -0.4 is 0 Å². The molecule has 268 valence electrons. The second-order valence-electron chi connectivity index (χ2n) is 15.6. The van der Waals surface area contributed by atoms with Crippen LogP contribution in [-0.2, 0) is 0 Å². The van der Waals surface area contributed by atoms with Crippen LogP contribution in [-0.4, -0.2) is 0 Å². The van der Waals surface area contributed by atoms with E-state index in [0.29, 0.717) is 0 Å². The van der Waals surface area contributed by atoms with Gasteiger partial charge >= 0.3 is 0 Å². The van der Waals surface area contributed by atoms with Gasteiger partial charge in [-0.25, -0.2) is 0 Å². The zero-order chi connectivity index (χ0) is 38.2. The Kier molecular flexibility index (Phi) is 7.33. The lowest BCUT2D eigenvalue weighted by molar-refractivity contribution is 1.59. The van der Waals surface area contributed by atoms with Crippen molar-refractivity contribution in [2.75, 3.05) is 0 Å². The number of hydrogen-bond donors (Lipinski definition) is 0. The van der Waals surface area contributed by atoms with Crippen molar-refractivity contribution in [2.24, 2.45) is 0 Å². The zero-order valence-corrected chi connectivity index (χ0v) is 31.8. The normalized spacial score (nSPS) is 11.8. The lowest BCUT2D eigenvalue weighted by atomic mass is 9.87. The maximum Gasteiger partial charge on any atom is -0.00928 e. The molecule has 12 aromatic carbocycles. The molecule has 0 saturated carbocycles. The molecular formula is C58H36. The monoisotopic (exact) mass is 732 g/mol. The van der Waals surface area contributed by atoms with E-state index in [1.54, 1.807) is 0 Å². The molecule has 12 rings (SSSR count). The Morgan fingerprint density at radius 3 is 0.931 bits per heavy atom. The minimum absolute atomic E-state index is 1.19. The average Bonchev–Trinajstić information content (AvgIpc) is 3.31. The minimum atomic E-state index is 1.19. The molecule has 0 N–H and O–H groups in total. The van der Waals surface area contributed by atoms with Crippen LogP contribution in [0.5, 0.6) is 0 Å². The van der Waals surface area contributed by atoms with Crippen molar-refractivity contribution in [1.29, 1.82) is 0 Å². The van der Waals surface area contributed by atoms with Gasteiger partial charge in [0, 0.05) is 0 Å². The third kappa shape index (κ3) is 5.16. The van der Waals surface area contributed by atoms with E-state index >= 15 is 0 Å². The molecule has 0 heterocycles. The fourth-order valence-corrected chi connectivity index (χ4v) is 9.63. The molecule has 0 amide bonds. The molecule has 0 bridgehead atoms. The van der Waals surface area contributed by atoms with Gasteiger partial charge in [0.1, 0.15) is 0 Å². The zero-order valence-electron chi connectivity index (χ0n) is 31.8. The highest BCUT2D eigenvalue weighted by atomic mass is 14.2. The molecule has 0 nitrogen and oxygen atoms in total. The van der Waals surface area contributed by atoms with Crippen LogP contribution in [0, 0.1) is 0 Å². The van der Waals surface area contributed by atoms with E-state index in [9.17, 15) is 0 Å². The second kappa shape index (κ2) is 13.0. The van der Waals surface area contributed by atoms with Gasteiger partial charge in [-0.2, -0.15) is 0 Å². The predicted molar refractivity (Wildman–Crippen MR) is 251 cm³/mol. The van der Waals surface area contributed by atoms with E-state index in [1.807, 2.05) is 0 Å². The lowest BCUT2D eigenvalue weighted by Crippen LogP contribution is -1.90. The van der Waals surface area contributed by atoms with Crippen LogP contribution >= 0.6 is 0 Å². The SMILES string of the molecule is c1ccc2c(c1)cc(-c1cc(-c3ccc(-c4ccc5c6ccccc6c6ccccc6c5c4)cc3)cc(-c3cc4ccccc4c4ccccc34)c1)c1ccccc12. The molecule has 0 radical (unpaired) electrons. The number of hydrogen-bond acceptors (Lipinski definition) is 0. The Balaban J connectivity index is 1.05. The van der Waals surface area contributed by atoms with Gasteiger partial charge < -0.3 is 0 Å². The Morgan fingerprint density at radius 1 is 0.155 bits per heavy atom. The molecule has 0 fully saturated rings. The molecular weight excluding hydrogens is 697 g/mol. The van der Waals surface area contributed by atoms with Gasteiger partial charge in [0.05, 0.1) is 0 Å². The van der Waals surface area contributed by atoms with E-state index in [-0.39, 0.29) is 0 Å². The van der Waals surface area contributed by atoms with Crippen LogP contribution in [0.2, 0.25) is 0 Å². The van der Waals surface area contributed by atoms with Crippen molar-refractivity contribution < 1.29 is 0 Å². The van der Waals surface area contributed by atoms with E-state index < -0.39 is 0 Å². The summed E-state index contributed by atoms with van der Waals surface area (Å²) >= 11 is 0. The maximum absolute atomic E-state index is 2.41. The van der Waals surface area contributed by atoms with Crippen LogP contribution in [0.3, 0.4) is 0 Å². The first-order chi connectivity index (χ1) is 28.7. The van der Waals surface area contributed by atoms with Crippen molar-refractivity contribution in [1.82, 2.24) is 0 Å². The summed E-state index contributed by atoms with van der Waals surface area (Å²) in [5, 5.41) is 17.9. The number of rotatable bonds is 4. The van der Waals surface area contributed by atoms with Crippen molar-refractivity contribution in [2.45, 2.75) is 0 Å². The highest BCUT2D eigenvalue weighted by molar-refractivity contribution is 6.26. The van der Waals surface area contributed by atoms with Crippen molar-refractivity contribution in [3.8, 4) is 44.5 Å². The van der Waals surface area contributed by atoms with Gasteiger partial charge in [0.15, 0.2) is 0 Å². The van der Waals surface area contributed by atoms with E-state index in [0.717, 1.165) is 0 Å². The summed E-state index contributed by atoms with van der Waals surface area (Å²) in [7, 11) is 0. The molecule has 0 heteroatoms. The van der Waals surface area contributed by atoms with Gasteiger partial charge in [-0.05, 0) is 156 Å². The smallest absolute Gasteiger partial charge is 0.00928 e. The highest BCUT2D eigenvalue weighted by Crippen LogP contribution is 2.43. The largest absolute Gasteiger partial charge is 0.0616 e. The molecule has 0 atom stereocenters. The average molecular weight is 733 g/mol. The lowest BCUT2D eigenvalue weighted by Gasteiger charge is -2.17. The molecule has 0 aliphatic heterocycles. The summed E-state index contributed by atoms with van der Waals surface area (Å²) in [6.45, 7) is 0. The first-order valence-electron chi connectivity index (χ1n) is 20.2. The number of benzene rings is 12. The third-order valence-electron chi connectivity index (χ3n) is 12.4. The van der Waals surface area contributed by atoms with E-state index in [1.165, 1.54) is 120 Å². The van der Waals surface area contributed by atoms with E-state index in [4.69, 9.17) is 0 Å². The minimum Gasteiger partial charge on any atom is -0.0616 e. The Bertz CT molecular complexity index is 3430. The van der Waals surface area contributed by atoms with E-state index in [2.05, 4.69) is 218 Å². The number of fused-ring (bicyclic) bond motifs is 12. The maximum atomic E-state index is 2.41.